The second kappa shape index (κ2) is 4.75. The topological polar surface area (TPSA) is 24.9 Å². The van der Waals surface area contributed by atoms with E-state index in [2.05, 4.69) is 10.3 Å². The minimum Gasteiger partial charge on any atom is -0.377 e. The van der Waals surface area contributed by atoms with Gasteiger partial charge >= 0.3 is 0 Å². The summed E-state index contributed by atoms with van der Waals surface area (Å²) in [6.07, 6.45) is 1.73. The fourth-order valence-electron chi connectivity index (χ4n) is 1.54. The van der Waals surface area contributed by atoms with Gasteiger partial charge < -0.3 is 5.32 Å². The van der Waals surface area contributed by atoms with Crippen molar-refractivity contribution in [3.63, 3.8) is 0 Å². The molecule has 0 unspecified atom stereocenters. The van der Waals surface area contributed by atoms with E-state index in [0.717, 1.165) is 11.3 Å². The van der Waals surface area contributed by atoms with Gasteiger partial charge in [-0.1, -0.05) is 18.2 Å². The van der Waals surface area contributed by atoms with Gasteiger partial charge in [-0.25, -0.2) is 4.39 Å². The van der Waals surface area contributed by atoms with Crippen LogP contribution in [0.5, 0.6) is 0 Å². The first-order valence-electron chi connectivity index (χ1n) is 5.16. The lowest BCUT2D eigenvalue weighted by Gasteiger charge is -2.09. The number of aromatic nitrogens is 1. The summed E-state index contributed by atoms with van der Waals surface area (Å²) in [5.74, 6) is -0.226. The quantitative estimate of drug-likeness (QED) is 0.852. The summed E-state index contributed by atoms with van der Waals surface area (Å²) in [5, 5.41) is 3.06. The first-order chi connectivity index (χ1) is 7.77. The van der Waals surface area contributed by atoms with Crippen molar-refractivity contribution < 1.29 is 4.39 Å². The SMILES string of the molecule is Cc1cccc(F)c1NCc1ccccn1. The van der Waals surface area contributed by atoms with Gasteiger partial charge in [0.05, 0.1) is 17.9 Å². The van der Waals surface area contributed by atoms with Crippen LogP contribution in [0.1, 0.15) is 11.3 Å². The maximum atomic E-state index is 13.5. The Bertz CT molecular complexity index is 448. The van der Waals surface area contributed by atoms with Crippen molar-refractivity contribution in [2.75, 3.05) is 5.32 Å². The van der Waals surface area contributed by atoms with E-state index in [1.807, 2.05) is 31.2 Å². The van der Waals surface area contributed by atoms with Gasteiger partial charge in [0.15, 0.2) is 0 Å². The maximum absolute atomic E-state index is 13.5. The van der Waals surface area contributed by atoms with Gasteiger partial charge in [-0.05, 0) is 30.7 Å². The highest BCUT2D eigenvalue weighted by Gasteiger charge is 2.04. The molecule has 0 spiro atoms. The molecule has 2 nitrogen and oxygen atoms in total. The van der Waals surface area contributed by atoms with Gasteiger partial charge in [0.2, 0.25) is 0 Å². The van der Waals surface area contributed by atoms with E-state index in [1.54, 1.807) is 12.3 Å². The molecule has 0 aliphatic heterocycles. The molecular weight excluding hydrogens is 203 g/mol. The Balaban J connectivity index is 2.11. The molecule has 16 heavy (non-hydrogen) atoms. The number of nitrogens with zero attached hydrogens (tertiary/aromatic N) is 1. The third-order valence-corrected chi connectivity index (χ3v) is 2.39. The monoisotopic (exact) mass is 216 g/mol. The van der Waals surface area contributed by atoms with Crippen molar-refractivity contribution in [3.8, 4) is 0 Å². The van der Waals surface area contributed by atoms with Crippen molar-refractivity contribution in [2.24, 2.45) is 0 Å². The van der Waals surface area contributed by atoms with E-state index in [9.17, 15) is 4.39 Å². The van der Waals surface area contributed by atoms with Gasteiger partial charge in [-0.2, -0.15) is 0 Å². The zero-order chi connectivity index (χ0) is 11.4. The van der Waals surface area contributed by atoms with E-state index in [0.29, 0.717) is 12.2 Å². The Labute approximate surface area is 94.2 Å². The van der Waals surface area contributed by atoms with Crippen LogP contribution in [-0.2, 0) is 6.54 Å². The summed E-state index contributed by atoms with van der Waals surface area (Å²) in [5.41, 5.74) is 2.34. The molecule has 0 bridgehead atoms. The highest BCUT2D eigenvalue weighted by Crippen LogP contribution is 2.19. The van der Waals surface area contributed by atoms with Gasteiger partial charge in [0.25, 0.3) is 0 Å². The van der Waals surface area contributed by atoms with Crippen molar-refractivity contribution >= 4 is 5.69 Å². The molecule has 0 aliphatic rings. The first kappa shape index (κ1) is 10.6. The van der Waals surface area contributed by atoms with E-state index >= 15 is 0 Å². The molecule has 3 heteroatoms. The predicted molar refractivity (Wildman–Crippen MR) is 62.7 cm³/mol. The van der Waals surface area contributed by atoms with Crippen molar-refractivity contribution in [3.05, 3.63) is 59.7 Å². The van der Waals surface area contributed by atoms with E-state index in [4.69, 9.17) is 0 Å². The van der Waals surface area contributed by atoms with Crippen LogP contribution in [0.15, 0.2) is 42.6 Å². The lowest BCUT2D eigenvalue weighted by Crippen LogP contribution is -2.04. The van der Waals surface area contributed by atoms with E-state index in [-0.39, 0.29) is 5.82 Å². The van der Waals surface area contributed by atoms with Crippen molar-refractivity contribution in [1.29, 1.82) is 0 Å². The normalized spacial score (nSPS) is 10.1. The molecule has 82 valence electrons. The molecule has 0 atom stereocenters. The van der Waals surface area contributed by atoms with Gasteiger partial charge in [0, 0.05) is 6.20 Å². The van der Waals surface area contributed by atoms with Gasteiger partial charge in [0.1, 0.15) is 5.82 Å². The summed E-state index contributed by atoms with van der Waals surface area (Å²) < 4.78 is 13.5. The minimum atomic E-state index is -0.226. The first-order valence-corrected chi connectivity index (χ1v) is 5.16. The zero-order valence-electron chi connectivity index (χ0n) is 9.07. The number of para-hydroxylation sites is 1. The average Bonchev–Trinajstić information content (AvgIpc) is 2.30. The molecule has 0 amide bonds. The van der Waals surface area contributed by atoms with Crippen molar-refractivity contribution in [2.45, 2.75) is 13.5 Å². The molecule has 1 heterocycles. The molecule has 0 aliphatic carbocycles. The largest absolute Gasteiger partial charge is 0.377 e. The number of hydrogen-bond donors (Lipinski definition) is 1. The lowest BCUT2D eigenvalue weighted by molar-refractivity contribution is 0.629. The Morgan fingerprint density at radius 1 is 1.19 bits per heavy atom. The number of aryl methyl sites for hydroxylation is 1. The number of halogens is 1. The molecule has 1 aromatic carbocycles. The van der Waals surface area contributed by atoms with E-state index in [1.165, 1.54) is 6.07 Å². The molecule has 0 fully saturated rings. The summed E-state index contributed by atoms with van der Waals surface area (Å²) in [6.45, 7) is 2.41. The minimum absolute atomic E-state index is 0.226. The zero-order valence-corrected chi connectivity index (χ0v) is 9.07. The Morgan fingerprint density at radius 2 is 2.06 bits per heavy atom. The van der Waals surface area contributed by atoms with Crippen LogP contribution in [0.3, 0.4) is 0 Å². The van der Waals surface area contributed by atoms with Gasteiger partial charge in [-0.3, -0.25) is 4.98 Å². The molecule has 2 rings (SSSR count). The highest BCUT2D eigenvalue weighted by atomic mass is 19.1. The number of hydrogen-bond acceptors (Lipinski definition) is 2. The number of rotatable bonds is 3. The fourth-order valence-corrected chi connectivity index (χ4v) is 1.54. The highest BCUT2D eigenvalue weighted by molar-refractivity contribution is 5.51. The number of anilines is 1. The lowest BCUT2D eigenvalue weighted by atomic mass is 10.2. The Morgan fingerprint density at radius 3 is 2.75 bits per heavy atom. The predicted octanol–water partition coefficient (Wildman–Crippen LogP) is 3.14. The van der Waals surface area contributed by atoms with Gasteiger partial charge in [-0.15, -0.1) is 0 Å². The average molecular weight is 216 g/mol. The van der Waals surface area contributed by atoms with Crippen LogP contribution in [0, 0.1) is 12.7 Å². The van der Waals surface area contributed by atoms with Crippen LogP contribution < -0.4 is 5.32 Å². The number of benzene rings is 1. The molecule has 0 saturated carbocycles. The third-order valence-electron chi connectivity index (χ3n) is 2.39. The second-order valence-electron chi connectivity index (χ2n) is 3.61. The fraction of sp³-hybridized carbons (Fsp3) is 0.154. The smallest absolute Gasteiger partial charge is 0.146 e. The second-order valence-corrected chi connectivity index (χ2v) is 3.61. The van der Waals surface area contributed by atoms with E-state index < -0.39 is 0 Å². The van der Waals surface area contributed by atoms with Crippen LogP contribution in [0.2, 0.25) is 0 Å². The standard InChI is InChI=1S/C13H13FN2/c1-10-5-4-7-12(14)13(10)16-9-11-6-2-3-8-15-11/h2-8,16H,9H2,1H3. The Hall–Kier alpha value is -1.90. The summed E-state index contributed by atoms with van der Waals surface area (Å²) in [6, 6.07) is 10.7. The molecule has 1 aromatic heterocycles. The summed E-state index contributed by atoms with van der Waals surface area (Å²) >= 11 is 0. The van der Waals surface area contributed by atoms with Crippen LogP contribution in [-0.4, -0.2) is 4.98 Å². The molecule has 1 N–H and O–H groups in total. The Kier molecular flexibility index (Phi) is 3.15. The summed E-state index contributed by atoms with van der Waals surface area (Å²) in [7, 11) is 0. The van der Waals surface area contributed by atoms with Crippen LogP contribution >= 0.6 is 0 Å². The molecule has 0 radical (unpaired) electrons. The third kappa shape index (κ3) is 2.37. The number of pyridine rings is 1. The van der Waals surface area contributed by atoms with Crippen LogP contribution in [0.25, 0.3) is 0 Å². The molecule has 0 saturated heterocycles. The molecule has 2 aromatic rings. The maximum Gasteiger partial charge on any atom is 0.146 e. The molecular formula is C13H13FN2. The summed E-state index contributed by atoms with van der Waals surface area (Å²) in [4.78, 5) is 4.17. The van der Waals surface area contributed by atoms with Crippen LogP contribution in [0.4, 0.5) is 10.1 Å². The van der Waals surface area contributed by atoms with Crippen molar-refractivity contribution in [1.82, 2.24) is 4.98 Å². The number of nitrogens with one attached hydrogen (secondary N) is 1.